The molecule has 1 atom stereocenters. The molecule has 0 unspecified atom stereocenters. The van der Waals surface area contributed by atoms with Crippen molar-refractivity contribution in [2.45, 2.75) is 81.6 Å². The van der Waals surface area contributed by atoms with Gasteiger partial charge in [0.25, 0.3) is 0 Å². The molecular weight excluding hydrogens is 512 g/mol. The fourth-order valence-corrected chi connectivity index (χ4v) is 4.85. The minimum absolute atomic E-state index is 0.0227. The fraction of sp³-hybridized carbons (Fsp3) is 0.469. The fourth-order valence-electron chi connectivity index (χ4n) is 4.85. The van der Waals surface area contributed by atoms with Gasteiger partial charge < -0.3 is 25.5 Å². The lowest BCUT2D eigenvalue weighted by molar-refractivity contribution is -0.140. The number of allylic oxidation sites excluding steroid dienone is 7. The largest absolute Gasteiger partial charge is 0.510 e. The Hall–Kier alpha value is -3.81. The van der Waals surface area contributed by atoms with Gasteiger partial charge in [0.15, 0.2) is 22.8 Å². The maximum absolute atomic E-state index is 14.1. The maximum atomic E-state index is 14.1. The van der Waals surface area contributed by atoms with Crippen molar-refractivity contribution in [3.8, 4) is 17.2 Å². The van der Waals surface area contributed by atoms with Crippen molar-refractivity contribution in [2.24, 2.45) is 17.3 Å². The van der Waals surface area contributed by atoms with E-state index in [-0.39, 0.29) is 35.1 Å². The standard InChI is InChI=1S/C32H42O8/c1-15(2)10-11-20-26(35)21(28(37)23(27(20)36)24(33)17(5)6)14-22-25(34)19(9)30(39)32(31(22)40,13-12-16(3)4)29(38)18(7)8/h10,12,17-18,34-37,39H,11,13-14H2,1-9H3/t32-/m0/s1. The summed E-state index contributed by atoms with van der Waals surface area (Å²) in [7, 11) is 0. The highest BCUT2D eigenvalue weighted by atomic mass is 16.3. The van der Waals surface area contributed by atoms with Crippen molar-refractivity contribution in [1.29, 1.82) is 0 Å². The normalized spacial score (nSPS) is 17.5. The quantitative estimate of drug-likeness (QED) is 0.125. The van der Waals surface area contributed by atoms with Crippen LogP contribution in [0.5, 0.6) is 17.2 Å². The van der Waals surface area contributed by atoms with E-state index in [0.29, 0.717) is 0 Å². The average Bonchev–Trinajstić information content (AvgIpc) is 2.86. The molecule has 8 heteroatoms. The van der Waals surface area contributed by atoms with E-state index in [4.69, 9.17) is 0 Å². The zero-order valence-corrected chi connectivity index (χ0v) is 24.9. The summed E-state index contributed by atoms with van der Waals surface area (Å²) in [6.45, 7) is 15.0. The molecule has 0 amide bonds. The molecule has 1 aromatic rings. The molecule has 1 aliphatic rings. The predicted octanol–water partition coefficient (Wildman–Crippen LogP) is 6.49. The van der Waals surface area contributed by atoms with Crippen molar-refractivity contribution in [3.63, 3.8) is 0 Å². The molecule has 2 rings (SSSR count). The molecule has 1 aromatic carbocycles. The van der Waals surface area contributed by atoms with Crippen LogP contribution in [0.25, 0.3) is 0 Å². The topological polar surface area (TPSA) is 152 Å². The molecule has 0 aliphatic heterocycles. The molecule has 5 N–H and O–H groups in total. The van der Waals surface area contributed by atoms with Gasteiger partial charge in [0.1, 0.15) is 34.3 Å². The van der Waals surface area contributed by atoms with E-state index >= 15 is 0 Å². The van der Waals surface area contributed by atoms with E-state index in [1.165, 1.54) is 6.92 Å². The molecule has 40 heavy (non-hydrogen) atoms. The third-order valence-electron chi connectivity index (χ3n) is 7.28. The Bertz CT molecular complexity index is 1360. The highest BCUT2D eigenvalue weighted by molar-refractivity contribution is 6.19. The highest BCUT2D eigenvalue weighted by Gasteiger charge is 2.54. The van der Waals surface area contributed by atoms with Crippen LogP contribution < -0.4 is 0 Å². The van der Waals surface area contributed by atoms with Gasteiger partial charge in [-0.1, -0.05) is 51.0 Å². The lowest BCUT2D eigenvalue weighted by Gasteiger charge is -2.36. The number of carbonyl (C=O) groups excluding carboxylic acids is 3. The summed E-state index contributed by atoms with van der Waals surface area (Å²) in [5.74, 6) is -6.20. The summed E-state index contributed by atoms with van der Waals surface area (Å²) in [6, 6.07) is 0. The van der Waals surface area contributed by atoms with Gasteiger partial charge in [-0.25, -0.2) is 0 Å². The number of hydrogen-bond acceptors (Lipinski definition) is 8. The van der Waals surface area contributed by atoms with Gasteiger partial charge in [0, 0.05) is 40.5 Å². The highest BCUT2D eigenvalue weighted by Crippen LogP contribution is 2.49. The molecule has 1 aliphatic carbocycles. The average molecular weight is 555 g/mol. The second-order valence-electron chi connectivity index (χ2n) is 11.6. The smallest absolute Gasteiger partial charge is 0.184 e. The number of Topliss-reactive ketones (excluding diaryl/α,β-unsaturated/α-hetero) is 3. The summed E-state index contributed by atoms with van der Waals surface area (Å²) >= 11 is 0. The van der Waals surface area contributed by atoms with Gasteiger partial charge in [-0.05, 0) is 47.5 Å². The molecule has 0 radical (unpaired) electrons. The third-order valence-corrected chi connectivity index (χ3v) is 7.28. The summed E-state index contributed by atoms with van der Waals surface area (Å²) in [5, 5.41) is 55.6. The first-order valence-electron chi connectivity index (χ1n) is 13.4. The zero-order chi connectivity index (χ0) is 30.9. The van der Waals surface area contributed by atoms with E-state index in [0.717, 1.165) is 11.1 Å². The Morgan fingerprint density at radius 1 is 0.800 bits per heavy atom. The summed E-state index contributed by atoms with van der Waals surface area (Å²) in [4.78, 5) is 40.7. The molecular formula is C32H42O8. The van der Waals surface area contributed by atoms with Crippen LogP contribution in [0.3, 0.4) is 0 Å². The molecule has 0 aromatic heterocycles. The number of benzene rings is 1. The number of aliphatic hydroxyl groups excluding tert-OH is 2. The minimum Gasteiger partial charge on any atom is -0.510 e. The SMILES string of the molecule is CC(C)=CCc1c(O)c(CC2=C(O)C(C)=C(O)[C@](CC=C(C)C)(C(=O)C(C)C)C2=O)c(O)c(C(=O)C(C)C)c1O. The van der Waals surface area contributed by atoms with Gasteiger partial charge >= 0.3 is 0 Å². The number of phenolic OH excluding ortho intramolecular Hbond substituents is 3. The Morgan fingerprint density at radius 3 is 1.80 bits per heavy atom. The van der Waals surface area contributed by atoms with Crippen molar-refractivity contribution in [1.82, 2.24) is 0 Å². The Labute approximate surface area is 236 Å². The Kier molecular flexibility index (Phi) is 9.84. The number of rotatable bonds is 10. The van der Waals surface area contributed by atoms with E-state index in [2.05, 4.69) is 0 Å². The minimum atomic E-state index is -2.01. The number of hydrogen-bond donors (Lipinski definition) is 5. The molecule has 0 heterocycles. The van der Waals surface area contributed by atoms with Crippen LogP contribution >= 0.6 is 0 Å². The lowest BCUT2D eigenvalue weighted by atomic mass is 9.64. The van der Waals surface area contributed by atoms with Crippen LogP contribution in [0.4, 0.5) is 0 Å². The number of aliphatic hydroxyl groups is 2. The van der Waals surface area contributed by atoms with Crippen molar-refractivity contribution < 1.29 is 39.9 Å². The maximum Gasteiger partial charge on any atom is 0.184 e. The van der Waals surface area contributed by atoms with Gasteiger partial charge in [-0.2, -0.15) is 0 Å². The lowest BCUT2D eigenvalue weighted by Crippen LogP contribution is -2.47. The first-order chi connectivity index (χ1) is 18.4. The summed E-state index contributed by atoms with van der Waals surface area (Å²) in [5.41, 5.74) is -1.38. The Morgan fingerprint density at radius 2 is 1.32 bits per heavy atom. The molecule has 0 saturated carbocycles. The van der Waals surface area contributed by atoms with Gasteiger partial charge in [-0.3, -0.25) is 14.4 Å². The molecule has 218 valence electrons. The number of ketones is 3. The monoisotopic (exact) mass is 554 g/mol. The van der Waals surface area contributed by atoms with Crippen molar-refractivity contribution in [3.05, 3.63) is 62.7 Å². The van der Waals surface area contributed by atoms with Crippen molar-refractivity contribution in [2.75, 3.05) is 0 Å². The number of carbonyl (C=O) groups is 3. The van der Waals surface area contributed by atoms with Gasteiger partial charge in [0.2, 0.25) is 0 Å². The molecule has 0 spiro atoms. The van der Waals surface area contributed by atoms with Crippen LogP contribution in [0.2, 0.25) is 0 Å². The van der Waals surface area contributed by atoms with Crippen LogP contribution in [0.15, 0.2) is 46.0 Å². The van der Waals surface area contributed by atoms with Crippen LogP contribution in [0, 0.1) is 17.3 Å². The van der Waals surface area contributed by atoms with Crippen LogP contribution in [-0.4, -0.2) is 42.9 Å². The van der Waals surface area contributed by atoms with Gasteiger partial charge in [-0.15, -0.1) is 0 Å². The van der Waals surface area contributed by atoms with E-state index in [9.17, 15) is 39.9 Å². The zero-order valence-electron chi connectivity index (χ0n) is 24.9. The molecule has 0 saturated heterocycles. The first-order valence-corrected chi connectivity index (χ1v) is 13.4. The molecule has 8 nitrogen and oxygen atoms in total. The number of aromatic hydroxyl groups is 3. The number of phenols is 3. The molecule has 0 bridgehead atoms. The van der Waals surface area contributed by atoms with Crippen molar-refractivity contribution >= 4 is 17.3 Å². The summed E-state index contributed by atoms with van der Waals surface area (Å²) < 4.78 is 0. The first kappa shape index (κ1) is 32.4. The van der Waals surface area contributed by atoms with Crippen LogP contribution in [-0.2, 0) is 22.4 Å². The van der Waals surface area contributed by atoms with Crippen LogP contribution in [0.1, 0.15) is 90.2 Å². The van der Waals surface area contributed by atoms with E-state index < -0.39 is 75.4 Å². The second kappa shape index (κ2) is 12.1. The Balaban J connectivity index is 2.93. The third kappa shape index (κ3) is 5.71. The van der Waals surface area contributed by atoms with Gasteiger partial charge in [0.05, 0.1) is 0 Å². The van der Waals surface area contributed by atoms with E-state index in [1.54, 1.807) is 53.7 Å². The second-order valence-corrected chi connectivity index (χ2v) is 11.6. The summed E-state index contributed by atoms with van der Waals surface area (Å²) in [6.07, 6.45) is 2.70. The molecule has 0 fully saturated rings. The van der Waals surface area contributed by atoms with E-state index in [1.807, 2.05) is 13.8 Å². The predicted molar refractivity (Wildman–Crippen MR) is 154 cm³/mol.